The van der Waals surface area contributed by atoms with Gasteiger partial charge in [0.15, 0.2) is 0 Å². The number of hydrogen-bond donors (Lipinski definition) is 2. The van der Waals surface area contributed by atoms with E-state index in [2.05, 4.69) is 15.5 Å². The highest BCUT2D eigenvalue weighted by atomic mass is 16.2. The minimum Gasteiger partial charge on any atom is -0.326 e. The summed E-state index contributed by atoms with van der Waals surface area (Å²) in [5, 5.41) is 10.3. The third-order valence-electron chi connectivity index (χ3n) is 4.42. The Hall–Kier alpha value is -3.41. The van der Waals surface area contributed by atoms with Crippen molar-refractivity contribution in [2.45, 2.75) is 19.9 Å². The highest BCUT2D eigenvalue weighted by molar-refractivity contribution is 5.97. The summed E-state index contributed by atoms with van der Waals surface area (Å²) in [5.41, 5.74) is 5.07. The summed E-state index contributed by atoms with van der Waals surface area (Å²) in [6.07, 6.45) is 0.292. The molecule has 1 aliphatic heterocycles. The van der Waals surface area contributed by atoms with Gasteiger partial charge in [-0.15, -0.1) is 0 Å². The van der Waals surface area contributed by atoms with Crippen molar-refractivity contribution in [2.75, 3.05) is 10.2 Å². The summed E-state index contributed by atoms with van der Waals surface area (Å²) < 4.78 is 0. The molecule has 2 N–H and O–H groups in total. The Bertz CT molecular complexity index is 978. The number of nitrogens with one attached hydrogen (secondary N) is 2. The van der Waals surface area contributed by atoms with Crippen molar-refractivity contribution in [2.24, 2.45) is 0 Å². The van der Waals surface area contributed by atoms with Gasteiger partial charge < -0.3 is 10.2 Å². The van der Waals surface area contributed by atoms with Crippen LogP contribution in [0, 0.1) is 0 Å². The highest BCUT2D eigenvalue weighted by Crippen LogP contribution is 2.31. The van der Waals surface area contributed by atoms with Crippen LogP contribution in [0.1, 0.15) is 18.2 Å². The molecule has 0 saturated heterocycles. The molecular formula is C20H18N4O2. The quantitative estimate of drug-likeness (QED) is 0.765. The Balaban J connectivity index is 1.67. The first-order valence-electron chi connectivity index (χ1n) is 8.41. The molecule has 4 rings (SSSR count). The van der Waals surface area contributed by atoms with Crippen molar-refractivity contribution >= 4 is 23.2 Å². The predicted octanol–water partition coefficient (Wildman–Crippen LogP) is 3.12. The number of hydrogen-bond acceptors (Lipinski definition) is 3. The van der Waals surface area contributed by atoms with Crippen molar-refractivity contribution in [3.63, 3.8) is 0 Å². The molecule has 6 nitrogen and oxygen atoms in total. The van der Waals surface area contributed by atoms with Gasteiger partial charge in [0.2, 0.25) is 11.8 Å². The molecule has 0 bridgehead atoms. The summed E-state index contributed by atoms with van der Waals surface area (Å²) in [6, 6.07) is 17.1. The molecule has 130 valence electrons. The first kappa shape index (κ1) is 16.1. The van der Waals surface area contributed by atoms with Crippen LogP contribution < -0.4 is 10.2 Å². The number of para-hydroxylation sites is 1. The van der Waals surface area contributed by atoms with E-state index in [-0.39, 0.29) is 11.8 Å². The third-order valence-corrected chi connectivity index (χ3v) is 4.42. The first-order chi connectivity index (χ1) is 12.6. The molecule has 3 aromatic rings. The standard InChI is InChI=1S/C20H18N4O2/c1-13(25)21-15-7-5-6-14(10-15)20-17-11-19(26)24(12-18(17)22-23-20)16-8-3-2-4-9-16/h2-10H,11-12H2,1H3,(H,21,25)(H,22,23). The lowest BCUT2D eigenvalue weighted by Crippen LogP contribution is -2.36. The van der Waals surface area contributed by atoms with Crippen LogP contribution in [-0.4, -0.2) is 22.0 Å². The molecule has 0 fully saturated rings. The molecule has 2 aromatic carbocycles. The molecule has 0 unspecified atom stereocenters. The molecule has 1 aliphatic rings. The van der Waals surface area contributed by atoms with Crippen LogP contribution in [0.15, 0.2) is 54.6 Å². The summed E-state index contributed by atoms with van der Waals surface area (Å²) in [7, 11) is 0. The number of H-pyrrole nitrogens is 1. The lowest BCUT2D eigenvalue weighted by Gasteiger charge is -2.27. The molecule has 1 aromatic heterocycles. The van der Waals surface area contributed by atoms with Crippen LogP contribution in [0.5, 0.6) is 0 Å². The molecule has 2 amide bonds. The van der Waals surface area contributed by atoms with Gasteiger partial charge in [-0.25, -0.2) is 0 Å². The Kier molecular flexibility index (Phi) is 4.01. The van der Waals surface area contributed by atoms with Gasteiger partial charge in [-0.1, -0.05) is 30.3 Å². The number of benzene rings is 2. The fraction of sp³-hybridized carbons (Fsp3) is 0.150. The van der Waals surface area contributed by atoms with Gasteiger partial charge >= 0.3 is 0 Å². The predicted molar refractivity (Wildman–Crippen MR) is 99.7 cm³/mol. The number of nitrogens with zero attached hydrogens (tertiary/aromatic N) is 2. The Morgan fingerprint density at radius 2 is 1.96 bits per heavy atom. The number of rotatable bonds is 3. The number of fused-ring (bicyclic) bond motifs is 1. The topological polar surface area (TPSA) is 78.1 Å². The minimum atomic E-state index is -0.125. The Labute approximate surface area is 150 Å². The zero-order valence-electron chi connectivity index (χ0n) is 14.3. The van der Waals surface area contributed by atoms with E-state index in [4.69, 9.17) is 0 Å². The average molecular weight is 346 g/mol. The second-order valence-corrected chi connectivity index (χ2v) is 6.28. The number of carbonyl (C=O) groups excluding carboxylic acids is 2. The van der Waals surface area contributed by atoms with Crippen LogP contribution in [0.2, 0.25) is 0 Å². The van der Waals surface area contributed by atoms with Crippen molar-refractivity contribution in [3.05, 3.63) is 65.9 Å². The molecule has 0 aliphatic carbocycles. The Morgan fingerprint density at radius 3 is 2.73 bits per heavy atom. The van der Waals surface area contributed by atoms with E-state index < -0.39 is 0 Å². The van der Waals surface area contributed by atoms with E-state index >= 15 is 0 Å². The molecule has 0 saturated carbocycles. The molecule has 26 heavy (non-hydrogen) atoms. The van der Waals surface area contributed by atoms with Gasteiger partial charge in [0.05, 0.1) is 24.4 Å². The van der Waals surface area contributed by atoms with Crippen molar-refractivity contribution in [1.82, 2.24) is 10.2 Å². The van der Waals surface area contributed by atoms with Crippen LogP contribution in [0.3, 0.4) is 0 Å². The molecule has 0 atom stereocenters. The number of carbonyl (C=O) groups is 2. The lowest BCUT2D eigenvalue weighted by atomic mass is 9.99. The van der Waals surface area contributed by atoms with Crippen molar-refractivity contribution < 1.29 is 9.59 Å². The fourth-order valence-electron chi connectivity index (χ4n) is 3.24. The van der Waals surface area contributed by atoms with Crippen molar-refractivity contribution in [3.8, 4) is 11.3 Å². The zero-order valence-corrected chi connectivity index (χ0v) is 14.3. The van der Waals surface area contributed by atoms with Crippen LogP contribution in [-0.2, 0) is 22.6 Å². The monoisotopic (exact) mass is 346 g/mol. The van der Waals surface area contributed by atoms with Gasteiger partial charge in [0, 0.05) is 29.4 Å². The maximum absolute atomic E-state index is 12.7. The largest absolute Gasteiger partial charge is 0.326 e. The van der Waals surface area contributed by atoms with E-state index in [1.807, 2.05) is 54.6 Å². The van der Waals surface area contributed by atoms with E-state index in [0.29, 0.717) is 18.7 Å². The normalized spacial score (nSPS) is 13.4. The Morgan fingerprint density at radius 1 is 1.15 bits per heavy atom. The summed E-state index contributed by atoms with van der Waals surface area (Å²) in [5.74, 6) is -0.0794. The average Bonchev–Trinajstić information content (AvgIpc) is 3.04. The van der Waals surface area contributed by atoms with Crippen LogP contribution in [0.25, 0.3) is 11.3 Å². The third kappa shape index (κ3) is 2.97. The number of aromatic amines is 1. The lowest BCUT2D eigenvalue weighted by molar-refractivity contribution is -0.118. The maximum Gasteiger partial charge on any atom is 0.231 e. The zero-order chi connectivity index (χ0) is 18.1. The van der Waals surface area contributed by atoms with Crippen molar-refractivity contribution in [1.29, 1.82) is 0 Å². The van der Waals surface area contributed by atoms with E-state index in [1.54, 1.807) is 4.90 Å². The van der Waals surface area contributed by atoms with Gasteiger partial charge in [0.25, 0.3) is 0 Å². The molecule has 6 heteroatoms. The summed E-state index contributed by atoms with van der Waals surface area (Å²) in [4.78, 5) is 25.7. The molecular weight excluding hydrogens is 328 g/mol. The van der Waals surface area contributed by atoms with Gasteiger partial charge in [-0.05, 0) is 24.3 Å². The molecule has 0 spiro atoms. The number of anilines is 2. The summed E-state index contributed by atoms with van der Waals surface area (Å²) in [6.45, 7) is 1.94. The molecule has 2 heterocycles. The van der Waals surface area contributed by atoms with Gasteiger partial charge in [-0.3, -0.25) is 14.7 Å². The summed E-state index contributed by atoms with van der Waals surface area (Å²) >= 11 is 0. The van der Waals surface area contributed by atoms with E-state index in [1.165, 1.54) is 6.92 Å². The minimum absolute atomic E-state index is 0.0457. The highest BCUT2D eigenvalue weighted by Gasteiger charge is 2.28. The van der Waals surface area contributed by atoms with Crippen LogP contribution in [0.4, 0.5) is 11.4 Å². The van der Waals surface area contributed by atoms with E-state index in [9.17, 15) is 9.59 Å². The fourth-order valence-corrected chi connectivity index (χ4v) is 3.24. The number of aromatic nitrogens is 2. The maximum atomic E-state index is 12.7. The van der Waals surface area contributed by atoms with Crippen LogP contribution >= 0.6 is 0 Å². The van der Waals surface area contributed by atoms with Gasteiger partial charge in [-0.2, -0.15) is 5.10 Å². The first-order valence-corrected chi connectivity index (χ1v) is 8.41. The second-order valence-electron chi connectivity index (χ2n) is 6.28. The second kappa shape index (κ2) is 6.48. The van der Waals surface area contributed by atoms with E-state index in [0.717, 1.165) is 28.2 Å². The number of amides is 2. The van der Waals surface area contributed by atoms with Gasteiger partial charge in [0.1, 0.15) is 0 Å². The SMILES string of the molecule is CC(=O)Nc1cccc(-c2n[nH]c3c2CC(=O)N(c2ccccc2)C3)c1. The smallest absolute Gasteiger partial charge is 0.231 e. The molecule has 0 radical (unpaired) electrons.